The number of carbonyl (C=O) groups is 2. The summed E-state index contributed by atoms with van der Waals surface area (Å²) in [5.41, 5.74) is 0.617. The first-order valence-corrected chi connectivity index (χ1v) is 7.69. The quantitative estimate of drug-likeness (QED) is 0.496. The van der Waals surface area contributed by atoms with Gasteiger partial charge in [0.05, 0.1) is 21.2 Å². The summed E-state index contributed by atoms with van der Waals surface area (Å²) >= 11 is 5.95. The van der Waals surface area contributed by atoms with E-state index in [-0.39, 0.29) is 11.3 Å². The van der Waals surface area contributed by atoms with Crippen molar-refractivity contribution in [2.45, 2.75) is 20.0 Å². The highest BCUT2D eigenvalue weighted by molar-refractivity contribution is 6.33. The van der Waals surface area contributed by atoms with E-state index in [0.29, 0.717) is 16.3 Å². The van der Waals surface area contributed by atoms with Gasteiger partial charge in [0.25, 0.3) is 11.6 Å². The minimum atomic E-state index is -1.11. The average Bonchev–Trinajstić information content (AvgIpc) is 2.56. The van der Waals surface area contributed by atoms with Crippen LogP contribution in [0, 0.1) is 17.0 Å². The lowest BCUT2D eigenvalue weighted by atomic mass is 10.1. The van der Waals surface area contributed by atoms with Gasteiger partial charge in [-0.2, -0.15) is 0 Å². The third kappa shape index (κ3) is 4.54. The first-order chi connectivity index (χ1) is 11.8. The molecule has 0 aliphatic heterocycles. The number of amides is 1. The summed E-state index contributed by atoms with van der Waals surface area (Å²) in [6.07, 6.45) is -1.11. The maximum atomic E-state index is 12.1. The van der Waals surface area contributed by atoms with Gasteiger partial charge >= 0.3 is 5.97 Å². The van der Waals surface area contributed by atoms with E-state index in [4.69, 9.17) is 16.3 Å². The lowest BCUT2D eigenvalue weighted by molar-refractivity contribution is -0.385. The Kier molecular flexibility index (Phi) is 5.71. The summed E-state index contributed by atoms with van der Waals surface area (Å²) < 4.78 is 5.07. The van der Waals surface area contributed by atoms with E-state index in [0.717, 1.165) is 6.07 Å². The largest absolute Gasteiger partial charge is 0.449 e. The second kappa shape index (κ2) is 7.76. The Hall–Kier alpha value is -2.93. The highest BCUT2D eigenvalue weighted by Gasteiger charge is 2.21. The van der Waals surface area contributed by atoms with E-state index in [9.17, 15) is 19.7 Å². The van der Waals surface area contributed by atoms with Crippen molar-refractivity contribution in [2.24, 2.45) is 0 Å². The van der Waals surface area contributed by atoms with Gasteiger partial charge in [-0.1, -0.05) is 29.8 Å². The van der Waals surface area contributed by atoms with E-state index in [2.05, 4.69) is 5.32 Å². The smallest absolute Gasteiger partial charge is 0.339 e. The van der Waals surface area contributed by atoms with Gasteiger partial charge in [0.2, 0.25) is 0 Å². The molecule has 0 spiro atoms. The predicted molar refractivity (Wildman–Crippen MR) is 92.8 cm³/mol. The Morgan fingerprint density at radius 1 is 1.24 bits per heavy atom. The molecule has 130 valence electrons. The minimum absolute atomic E-state index is 0.00491. The van der Waals surface area contributed by atoms with E-state index in [1.165, 1.54) is 19.1 Å². The minimum Gasteiger partial charge on any atom is -0.449 e. The molecule has 25 heavy (non-hydrogen) atoms. The number of halogens is 1. The summed E-state index contributed by atoms with van der Waals surface area (Å²) in [4.78, 5) is 34.6. The van der Waals surface area contributed by atoms with Crippen LogP contribution in [0.1, 0.15) is 22.8 Å². The molecule has 0 unspecified atom stereocenters. The molecular formula is C17H15ClN2O5. The van der Waals surface area contributed by atoms with Gasteiger partial charge in [0.15, 0.2) is 6.10 Å². The molecule has 0 saturated carbocycles. The third-order valence-electron chi connectivity index (χ3n) is 3.43. The van der Waals surface area contributed by atoms with Crippen LogP contribution in [-0.4, -0.2) is 22.9 Å². The standard InChI is InChI=1S/C17H15ClN2O5/c1-10-7-8-12(9-15(10)20(23)24)17(22)25-11(2)16(21)19-14-6-4-3-5-13(14)18/h3-9,11H,1-2H3,(H,19,21)/t11-/m0/s1. The number of hydrogen-bond acceptors (Lipinski definition) is 5. The molecule has 0 heterocycles. The normalized spacial score (nSPS) is 11.5. The summed E-state index contributed by atoms with van der Waals surface area (Å²) in [7, 11) is 0. The summed E-state index contributed by atoms with van der Waals surface area (Å²) in [6.45, 7) is 2.96. The Balaban J connectivity index is 2.07. The number of hydrogen-bond donors (Lipinski definition) is 1. The number of rotatable bonds is 5. The van der Waals surface area contributed by atoms with Gasteiger partial charge in [-0.3, -0.25) is 14.9 Å². The van der Waals surface area contributed by atoms with E-state index < -0.39 is 22.9 Å². The molecule has 2 aromatic carbocycles. The zero-order chi connectivity index (χ0) is 18.6. The van der Waals surface area contributed by atoms with Gasteiger partial charge < -0.3 is 10.1 Å². The third-order valence-corrected chi connectivity index (χ3v) is 3.76. The van der Waals surface area contributed by atoms with Crippen LogP contribution in [0.3, 0.4) is 0 Å². The van der Waals surface area contributed by atoms with Crippen LogP contribution in [0.5, 0.6) is 0 Å². The Morgan fingerprint density at radius 2 is 1.92 bits per heavy atom. The van der Waals surface area contributed by atoms with Crippen LogP contribution in [0.25, 0.3) is 0 Å². The maximum absolute atomic E-state index is 12.1. The Bertz CT molecular complexity index is 838. The number of carbonyl (C=O) groups excluding carboxylic acids is 2. The molecule has 0 radical (unpaired) electrons. The van der Waals surface area contributed by atoms with Crippen molar-refractivity contribution in [3.63, 3.8) is 0 Å². The second-order valence-electron chi connectivity index (χ2n) is 5.28. The molecule has 2 aromatic rings. The Labute approximate surface area is 148 Å². The van der Waals surface area contributed by atoms with Crippen LogP contribution in [0.15, 0.2) is 42.5 Å². The summed E-state index contributed by atoms with van der Waals surface area (Å²) in [5, 5.41) is 13.8. The van der Waals surface area contributed by atoms with Crippen molar-refractivity contribution >= 4 is 34.9 Å². The zero-order valence-electron chi connectivity index (χ0n) is 13.5. The van der Waals surface area contributed by atoms with Crippen LogP contribution in [0.4, 0.5) is 11.4 Å². The number of anilines is 1. The molecule has 7 nitrogen and oxygen atoms in total. The number of para-hydroxylation sites is 1. The number of esters is 1. The molecule has 0 bridgehead atoms. The molecule has 0 aromatic heterocycles. The van der Waals surface area contributed by atoms with Gasteiger partial charge in [0, 0.05) is 11.6 Å². The molecule has 0 saturated heterocycles. The molecule has 2 rings (SSSR count). The summed E-state index contributed by atoms with van der Waals surface area (Å²) in [5.74, 6) is -1.40. The van der Waals surface area contributed by atoms with Gasteiger partial charge in [0.1, 0.15) is 0 Å². The molecule has 0 fully saturated rings. The number of ether oxygens (including phenoxy) is 1. The fourth-order valence-corrected chi connectivity index (χ4v) is 2.20. The number of nitro benzene ring substituents is 1. The maximum Gasteiger partial charge on any atom is 0.339 e. The predicted octanol–water partition coefficient (Wildman–Crippen LogP) is 3.74. The fraction of sp³-hybridized carbons (Fsp3) is 0.176. The monoisotopic (exact) mass is 362 g/mol. The fourth-order valence-electron chi connectivity index (χ4n) is 2.01. The van der Waals surface area contributed by atoms with Gasteiger partial charge in [-0.25, -0.2) is 4.79 Å². The molecular weight excluding hydrogens is 348 g/mol. The van der Waals surface area contributed by atoms with Crippen LogP contribution < -0.4 is 5.32 Å². The van der Waals surface area contributed by atoms with Crippen molar-refractivity contribution in [1.82, 2.24) is 0 Å². The van der Waals surface area contributed by atoms with Crippen LogP contribution >= 0.6 is 11.6 Å². The number of benzene rings is 2. The molecule has 1 amide bonds. The molecule has 0 aliphatic carbocycles. The second-order valence-corrected chi connectivity index (χ2v) is 5.68. The first-order valence-electron chi connectivity index (χ1n) is 7.31. The van der Waals surface area contributed by atoms with E-state index >= 15 is 0 Å². The number of aryl methyl sites for hydroxylation is 1. The number of nitro groups is 1. The van der Waals surface area contributed by atoms with Crippen LogP contribution in [0.2, 0.25) is 5.02 Å². The highest BCUT2D eigenvalue weighted by Crippen LogP contribution is 2.22. The molecule has 1 atom stereocenters. The number of nitrogens with zero attached hydrogens (tertiary/aromatic N) is 1. The van der Waals surface area contributed by atoms with Crippen molar-refractivity contribution in [3.05, 3.63) is 68.7 Å². The summed E-state index contributed by atoms with van der Waals surface area (Å²) in [6, 6.07) is 10.6. The lowest BCUT2D eigenvalue weighted by Crippen LogP contribution is -2.30. The van der Waals surface area contributed by atoms with E-state index in [1.54, 1.807) is 31.2 Å². The van der Waals surface area contributed by atoms with Gasteiger partial charge in [-0.15, -0.1) is 0 Å². The van der Waals surface area contributed by atoms with Gasteiger partial charge in [-0.05, 0) is 32.0 Å². The highest BCUT2D eigenvalue weighted by atomic mass is 35.5. The lowest BCUT2D eigenvalue weighted by Gasteiger charge is -2.14. The van der Waals surface area contributed by atoms with Crippen molar-refractivity contribution in [2.75, 3.05) is 5.32 Å². The van der Waals surface area contributed by atoms with E-state index in [1.807, 2.05) is 0 Å². The topological polar surface area (TPSA) is 98.5 Å². The first kappa shape index (κ1) is 18.4. The Morgan fingerprint density at radius 3 is 2.56 bits per heavy atom. The average molecular weight is 363 g/mol. The van der Waals surface area contributed by atoms with Crippen molar-refractivity contribution < 1.29 is 19.2 Å². The van der Waals surface area contributed by atoms with Crippen molar-refractivity contribution in [3.8, 4) is 0 Å². The SMILES string of the molecule is Cc1ccc(C(=O)O[C@@H](C)C(=O)Nc2ccccc2Cl)cc1[N+](=O)[O-]. The molecule has 1 N–H and O–H groups in total. The molecule has 8 heteroatoms. The van der Waals surface area contributed by atoms with Crippen molar-refractivity contribution in [1.29, 1.82) is 0 Å². The van der Waals surface area contributed by atoms with Crippen LogP contribution in [-0.2, 0) is 9.53 Å². The molecule has 0 aliphatic rings. The zero-order valence-corrected chi connectivity index (χ0v) is 14.2. The number of nitrogens with one attached hydrogen (secondary N) is 1.